The molecule has 1 aliphatic heterocycles. The molecular weight excluding hydrogens is 214 g/mol. The average molecular weight is 227 g/mol. The minimum Gasteiger partial charge on any atom is -0.305 e. The van der Waals surface area contributed by atoms with Gasteiger partial charge >= 0.3 is 0 Å². The zero-order valence-corrected chi connectivity index (χ0v) is 9.02. The Morgan fingerprint density at radius 2 is 2.20 bits per heavy atom. The highest BCUT2D eigenvalue weighted by Gasteiger charge is 2.28. The third kappa shape index (κ3) is 2.63. The maximum atomic E-state index is 10.7. The summed E-state index contributed by atoms with van der Waals surface area (Å²) in [5, 5.41) is 1.59. The van der Waals surface area contributed by atoms with Crippen molar-refractivity contribution in [2.45, 2.75) is 12.5 Å². The minimum absolute atomic E-state index is 0.0412. The molecule has 1 heterocycles. The van der Waals surface area contributed by atoms with Crippen LogP contribution in [0.2, 0.25) is 0 Å². The average Bonchev–Trinajstić information content (AvgIpc) is 2.66. The van der Waals surface area contributed by atoms with E-state index < -0.39 is 11.1 Å². The second-order valence-corrected chi connectivity index (χ2v) is 4.32. The SMILES string of the molecule is O=S(O)CN1OCCC1c1ccccc1. The second-order valence-electron chi connectivity index (χ2n) is 3.42. The second kappa shape index (κ2) is 4.85. The summed E-state index contributed by atoms with van der Waals surface area (Å²) in [5.41, 5.74) is 1.13. The molecule has 1 fully saturated rings. The van der Waals surface area contributed by atoms with Gasteiger partial charge in [0.05, 0.1) is 12.6 Å². The zero-order valence-electron chi connectivity index (χ0n) is 8.20. The van der Waals surface area contributed by atoms with Crippen LogP contribution in [-0.4, -0.2) is 26.3 Å². The third-order valence-electron chi connectivity index (χ3n) is 2.42. The van der Waals surface area contributed by atoms with Gasteiger partial charge in [-0.25, -0.2) is 4.21 Å². The van der Waals surface area contributed by atoms with Gasteiger partial charge in [-0.1, -0.05) is 30.3 Å². The summed E-state index contributed by atoms with van der Waals surface area (Å²) in [6.07, 6.45) is 0.862. The Kier molecular flexibility index (Phi) is 3.48. The number of hydrogen-bond donors (Lipinski definition) is 1. The molecule has 2 rings (SSSR count). The zero-order chi connectivity index (χ0) is 10.7. The summed E-state index contributed by atoms with van der Waals surface area (Å²) in [6, 6.07) is 9.98. The molecule has 2 atom stereocenters. The Balaban J connectivity index is 2.11. The van der Waals surface area contributed by atoms with E-state index in [0.717, 1.165) is 12.0 Å². The van der Waals surface area contributed by atoms with Gasteiger partial charge < -0.3 is 4.55 Å². The summed E-state index contributed by atoms with van der Waals surface area (Å²) in [7, 11) is 0. The molecule has 2 unspecified atom stereocenters. The van der Waals surface area contributed by atoms with Gasteiger partial charge in [0.2, 0.25) is 0 Å². The Morgan fingerprint density at radius 1 is 1.47 bits per heavy atom. The van der Waals surface area contributed by atoms with Crippen LogP contribution in [0.3, 0.4) is 0 Å². The van der Waals surface area contributed by atoms with Gasteiger partial charge in [0, 0.05) is 0 Å². The van der Waals surface area contributed by atoms with Crippen LogP contribution < -0.4 is 0 Å². The quantitative estimate of drug-likeness (QED) is 0.796. The summed E-state index contributed by atoms with van der Waals surface area (Å²) in [4.78, 5) is 5.31. The molecule has 0 bridgehead atoms. The van der Waals surface area contributed by atoms with Crippen LogP contribution in [0.25, 0.3) is 0 Å². The van der Waals surface area contributed by atoms with E-state index in [9.17, 15) is 4.21 Å². The lowest BCUT2D eigenvalue weighted by atomic mass is 10.1. The monoisotopic (exact) mass is 227 g/mol. The first-order valence-corrected chi connectivity index (χ1v) is 6.07. The van der Waals surface area contributed by atoms with E-state index in [-0.39, 0.29) is 11.9 Å². The number of hydrogen-bond acceptors (Lipinski definition) is 3. The van der Waals surface area contributed by atoms with Gasteiger partial charge in [0.15, 0.2) is 11.1 Å². The Bertz CT molecular complexity index is 344. The predicted octanol–water partition coefficient (Wildman–Crippen LogP) is 1.54. The fraction of sp³-hybridized carbons (Fsp3) is 0.400. The van der Waals surface area contributed by atoms with Crippen molar-refractivity contribution in [1.29, 1.82) is 0 Å². The van der Waals surface area contributed by atoms with Gasteiger partial charge in [-0.15, -0.1) is 0 Å². The van der Waals surface area contributed by atoms with Crippen molar-refractivity contribution in [2.75, 3.05) is 12.5 Å². The Hall–Kier alpha value is -0.750. The van der Waals surface area contributed by atoms with E-state index >= 15 is 0 Å². The van der Waals surface area contributed by atoms with Crippen LogP contribution in [0.5, 0.6) is 0 Å². The van der Waals surface area contributed by atoms with Crippen molar-refractivity contribution < 1.29 is 13.6 Å². The van der Waals surface area contributed by atoms with Gasteiger partial charge in [-0.3, -0.25) is 4.84 Å². The lowest BCUT2D eigenvalue weighted by Gasteiger charge is -2.20. The van der Waals surface area contributed by atoms with Crippen LogP contribution in [0.1, 0.15) is 18.0 Å². The van der Waals surface area contributed by atoms with Gasteiger partial charge in [0.1, 0.15) is 5.88 Å². The lowest BCUT2D eigenvalue weighted by molar-refractivity contribution is -0.118. The standard InChI is InChI=1S/C10H13NO3S/c12-15(13)8-11-10(6-7-14-11)9-4-2-1-3-5-9/h1-5,10H,6-8H2,(H,12,13). The molecule has 1 saturated heterocycles. The summed E-state index contributed by atoms with van der Waals surface area (Å²) in [6.45, 7) is 0.608. The maximum absolute atomic E-state index is 10.7. The molecule has 82 valence electrons. The molecule has 1 aliphatic rings. The largest absolute Gasteiger partial charge is 0.305 e. The topological polar surface area (TPSA) is 49.8 Å². The lowest BCUT2D eigenvalue weighted by Crippen LogP contribution is -2.25. The van der Waals surface area contributed by atoms with E-state index in [4.69, 9.17) is 9.39 Å². The van der Waals surface area contributed by atoms with Gasteiger partial charge in [-0.2, -0.15) is 5.06 Å². The number of hydroxylamine groups is 2. The highest BCUT2D eigenvalue weighted by atomic mass is 32.2. The van der Waals surface area contributed by atoms with E-state index in [0.29, 0.717) is 6.61 Å². The molecule has 5 heteroatoms. The van der Waals surface area contributed by atoms with Crippen LogP contribution in [0.15, 0.2) is 30.3 Å². The van der Waals surface area contributed by atoms with Crippen molar-refractivity contribution >= 4 is 11.1 Å². The van der Waals surface area contributed by atoms with Crippen molar-refractivity contribution in [3.05, 3.63) is 35.9 Å². The first kappa shape index (κ1) is 10.8. The maximum Gasteiger partial charge on any atom is 0.169 e. The van der Waals surface area contributed by atoms with Crippen molar-refractivity contribution in [3.8, 4) is 0 Å². The molecule has 15 heavy (non-hydrogen) atoms. The fourth-order valence-electron chi connectivity index (χ4n) is 1.76. The molecule has 1 aromatic carbocycles. The molecule has 4 nitrogen and oxygen atoms in total. The number of rotatable bonds is 3. The highest BCUT2D eigenvalue weighted by Crippen LogP contribution is 2.29. The van der Waals surface area contributed by atoms with E-state index in [2.05, 4.69) is 0 Å². The fourth-order valence-corrected chi connectivity index (χ4v) is 2.23. The van der Waals surface area contributed by atoms with E-state index in [1.54, 1.807) is 5.06 Å². The molecule has 0 radical (unpaired) electrons. The first-order chi connectivity index (χ1) is 7.27. The minimum atomic E-state index is -1.85. The third-order valence-corrected chi connectivity index (χ3v) is 2.89. The molecular formula is C10H13NO3S. The van der Waals surface area contributed by atoms with Gasteiger partial charge in [-0.05, 0) is 12.0 Å². The highest BCUT2D eigenvalue weighted by molar-refractivity contribution is 7.79. The van der Waals surface area contributed by atoms with Gasteiger partial charge in [0.25, 0.3) is 0 Å². The molecule has 0 aromatic heterocycles. The smallest absolute Gasteiger partial charge is 0.169 e. The molecule has 0 aliphatic carbocycles. The van der Waals surface area contributed by atoms with Crippen molar-refractivity contribution in [2.24, 2.45) is 0 Å². The summed E-state index contributed by atoms with van der Waals surface area (Å²) < 4.78 is 19.5. The number of nitrogens with zero attached hydrogens (tertiary/aromatic N) is 1. The van der Waals surface area contributed by atoms with Crippen LogP contribution in [0, 0.1) is 0 Å². The summed E-state index contributed by atoms with van der Waals surface area (Å²) >= 11 is -1.85. The molecule has 0 spiro atoms. The predicted molar refractivity (Wildman–Crippen MR) is 57.2 cm³/mol. The van der Waals surface area contributed by atoms with Crippen molar-refractivity contribution in [1.82, 2.24) is 5.06 Å². The Morgan fingerprint density at radius 3 is 2.87 bits per heavy atom. The first-order valence-electron chi connectivity index (χ1n) is 4.79. The normalized spacial score (nSPS) is 24.2. The van der Waals surface area contributed by atoms with Crippen molar-refractivity contribution in [3.63, 3.8) is 0 Å². The Labute approximate surface area is 91.1 Å². The van der Waals surface area contributed by atoms with Crippen LogP contribution in [0.4, 0.5) is 0 Å². The molecule has 1 aromatic rings. The summed E-state index contributed by atoms with van der Waals surface area (Å²) in [5.74, 6) is 0.0412. The molecule has 1 N–H and O–H groups in total. The van der Waals surface area contributed by atoms with Crippen LogP contribution in [-0.2, 0) is 15.9 Å². The molecule has 0 saturated carbocycles. The number of benzene rings is 1. The van der Waals surface area contributed by atoms with E-state index in [1.165, 1.54) is 0 Å². The molecule has 0 amide bonds. The van der Waals surface area contributed by atoms with E-state index in [1.807, 2.05) is 30.3 Å². The van der Waals surface area contributed by atoms with Crippen LogP contribution >= 0.6 is 0 Å².